The van der Waals surface area contributed by atoms with Crippen molar-refractivity contribution in [1.82, 2.24) is 4.90 Å². The maximum Gasteiger partial charge on any atom is 0.326 e. The van der Waals surface area contributed by atoms with Crippen LogP contribution in [-0.2, 0) is 29.1 Å². The van der Waals surface area contributed by atoms with E-state index >= 15 is 0 Å². The van der Waals surface area contributed by atoms with Crippen LogP contribution < -0.4 is 10.5 Å². The monoisotopic (exact) mass is 387 g/mol. The van der Waals surface area contributed by atoms with Crippen LogP contribution in [0.4, 0.5) is 5.69 Å². The average Bonchev–Trinajstić information content (AvgIpc) is 2.91. The summed E-state index contributed by atoms with van der Waals surface area (Å²) < 4.78 is 27.7. The lowest BCUT2D eigenvalue weighted by atomic mass is 10.2. The second kappa shape index (κ2) is 7.85. The Morgan fingerprint density at radius 3 is 2.72 bits per heavy atom. The summed E-state index contributed by atoms with van der Waals surface area (Å²) in [5.74, 6) is -0.741. The third kappa shape index (κ3) is 5.44. The van der Waals surface area contributed by atoms with Crippen molar-refractivity contribution in [1.29, 1.82) is 0 Å². The standard InChI is InChI=1S/C14H17N3O6S2/c1-9-2-3-10(4-11(9)25(15,21)22)16-12(18)6-23-14(20)5-17-8-24-7-13(17)19/h2-4H,5-8H2,1H3,(H,16,18)(H2,15,21,22). The number of carbonyl (C=O) groups is 3. The van der Waals surface area contributed by atoms with Crippen LogP contribution in [-0.4, -0.2) is 55.9 Å². The molecule has 0 bridgehead atoms. The number of nitrogens with one attached hydrogen (secondary N) is 1. The number of hydrogen-bond donors (Lipinski definition) is 2. The Hall–Kier alpha value is -2.11. The van der Waals surface area contributed by atoms with Crippen LogP contribution in [0, 0.1) is 6.92 Å². The zero-order chi connectivity index (χ0) is 18.6. The summed E-state index contributed by atoms with van der Waals surface area (Å²) in [6.45, 7) is 0.816. The van der Waals surface area contributed by atoms with Crippen LogP contribution in [0.1, 0.15) is 5.56 Å². The van der Waals surface area contributed by atoms with Crippen molar-refractivity contribution in [3.8, 4) is 0 Å². The van der Waals surface area contributed by atoms with Crippen LogP contribution in [0.5, 0.6) is 0 Å². The van der Waals surface area contributed by atoms with Crippen molar-refractivity contribution < 1.29 is 27.5 Å². The molecule has 1 aliphatic heterocycles. The van der Waals surface area contributed by atoms with Gasteiger partial charge in [-0.05, 0) is 24.6 Å². The lowest BCUT2D eigenvalue weighted by Gasteiger charge is -2.13. The van der Waals surface area contributed by atoms with E-state index < -0.39 is 28.5 Å². The van der Waals surface area contributed by atoms with Crippen molar-refractivity contribution in [2.75, 3.05) is 30.1 Å². The fourth-order valence-electron chi connectivity index (χ4n) is 2.07. The van der Waals surface area contributed by atoms with E-state index in [1.54, 1.807) is 6.92 Å². The number of nitrogens with two attached hydrogens (primary N) is 1. The maximum atomic E-state index is 11.8. The van der Waals surface area contributed by atoms with Gasteiger partial charge in [0.1, 0.15) is 6.54 Å². The first-order valence-electron chi connectivity index (χ1n) is 7.11. The molecule has 0 saturated carbocycles. The van der Waals surface area contributed by atoms with Crippen LogP contribution >= 0.6 is 11.8 Å². The highest BCUT2D eigenvalue weighted by Crippen LogP contribution is 2.19. The molecule has 0 atom stereocenters. The Balaban J connectivity index is 1.88. The number of esters is 1. The molecule has 0 unspecified atom stereocenters. The molecule has 1 fully saturated rings. The Morgan fingerprint density at radius 1 is 1.40 bits per heavy atom. The molecule has 136 valence electrons. The molecule has 1 aliphatic rings. The predicted octanol–water partition coefficient (Wildman–Crippen LogP) is -0.343. The largest absolute Gasteiger partial charge is 0.454 e. The van der Waals surface area contributed by atoms with Gasteiger partial charge in [0.25, 0.3) is 5.91 Å². The van der Waals surface area contributed by atoms with Crippen LogP contribution in [0.2, 0.25) is 0 Å². The van der Waals surface area contributed by atoms with E-state index in [2.05, 4.69) is 5.32 Å². The number of ether oxygens (including phenoxy) is 1. The molecular weight excluding hydrogens is 370 g/mol. The third-order valence-electron chi connectivity index (χ3n) is 3.29. The minimum atomic E-state index is -3.91. The summed E-state index contributed by atoms with van der Waals surface area (Å²) >= 11 is 1.39. The second-order valence-electron chi connectivity index (χ2n) is 5.30. The topological polar surface area (TPSA) is 136 Å². The first-order chi connectivity index (χ1) is 11.7. The fraction of sp³-hybridized carbons (Fsp3) is 0.357. The van der Waals surface area contributed by atoms with Gasteiger partial charge in [-0.25, -0.2) is 13.6 Å². The normalized spacial score (nSPS) is 14.5. The second-order valence-corrected chi connectivity index (χ2v) is 7.79. The van der Waals surface area contributed by atoms with Gasteiger partial charge in [0.2, 0.25) is 15.9 Å². The summed E-state index contributed by atoms with van der Waals surface area (Å²) in [5, 5.41) is 7.52. The van der Waals surface area contributed by atoms with Gasteiger partial charge >= 0.3 is 5.97 Å². The quantitative estimate of drug-likeness (QED) is 0.637. The lowest BCUT2D eigenvalue weighted by molar-refractivity contribution is -0.150. The van der Waals surface area contributed by atoms with Crippen LogP contribution in [0.15, 0.2) is 23.1 Å². The van der Waals surface area contributed by atoms with E-state index in [1.807, 2.05) is 0 Å². The first kappa shape index (κ1) is 19.2. The number of nitrogens with zero attached hydrogens (tertiary/aromatic N) is 1. The molecule has 2 amide bonds. The molecule has 11 heteroatoms. The number of aryl methyl sites for hydroxylation is 1. The summed E-state index contributed by atoms with van der Waals surface area (Å²) in [5.41, 5.74) is 0.655. The number of carbonyl (C=O) groups excluding carboxylic acids is 3. The highest BCUT2D eigenvalue weighted by molar-refractivity contribution is 8.00. The minimum Gasteiger partial charge on any atom is -0.454 e. The number of thioether (sulfide) groups is 1. The number of rotatable bonds is 6. The molecular formula is C14H17N3O6S2. The molecule has 9 nitrogen and oxygen atoms in total. The SMILES string of the molecule is Cc1ccc(NC(=O)COC(=O)CN2CSCC2=O)cc1S(N)(=O)=O. The van der Waals surface area contributed by atoms with Crippen molar-refractivity contribution >= 4 is 45.3 Å². The fourth-order valence-corrected chi connectivity index (χ4v) is 3.78. The molecule has 1 saturated heterocycles. The molecule has 0 spiro atoms. The van der Waals surface area contributed by atoms with Crippen LogP contribution in [0.3, 0.4) is 0 Å². The molecule has 1 aromatic carbocycles. The highest BCUT2D eigenvalue weighted by Gasteiger charge is 2.23. The van der Waals surface area contributed by atoms with Crippen molar-refractivity contribution in [2.45, 2.75) is 11.8 Å². The summed E-state index contributed by atoms with van der Waals surface area (Å²) in [4.78, 5) is 36.1. The minimum absolute atomic E-state index is 0.104. The molecule has 0 radical (unpaired) electrons. The molecule has 1 aromatic rings. The third-order valence-corrected chi connectivity index (χ3v) is 5.29. The van der Waals surface area contributed by atoms with E-state index in [0.29, 0.717) is 17.2 Å². The average molecular weight is 387 g/mol. The van der Waals surface area contributed by atoms with E-state index in [-0.39, 0.29) is 23.0 Å². The van der Waals surface area contributed by atoms with Gasteiger partial charge in [-0.1, -0.05) is 6.07 Å². The van der Waals surface area contributed by atoms with E-state index in [1.165, 1.54) is 34.9 Å². The molecule has 25 heavy (non-hydrogen) atoms. The Morgan fingerprint density at radius 2 is 2.12 bits per heavy atom. The number of amides is 2. The van der Waals surface area contributed by atoms with Gasteiger partial charge in [0.05, 0.1) is 16.5 Å². The zero-order valence-corrected chi connectivity index (χ0v) is 15.0. The van der Waals surface area contributed by atoms with Gasteiger partial charge in [0.15, 0.2) is 6.61 Å². The van der Waals surface area contributed by atoms with Gasteiger partial charge in [0, 0.05) is 5.69 Å². The summed E-state index contributed by atoms with van der Waals surface area (Å²) in [6.07, 6.45) is 0. The van der Waals surface area contributed by atoms with Crippen molar-refractivity contribution in [3.05, 3.63) is 23.8 Å². The number of sulfonamides is 1. The molecule has 0 aromatic heterocycles. The van der Waals surface area contributed by atoms with E-state index in [0.717, 1.165) is 0 Å². The Bertz CT molecular complexity index is 809. The number of anilines is 1. The molecule has 0 aliphatic carbocycles. The van der Waals surface area contributed by atoms with Crippen molar-refractivity contribution in [2.24, 2.45) is 5.14 Å². The number of primary sulfonamides is 1. The summed E-state index contributed by atoms with van der Waals surface area (Å²) in [7, 11) is -3.91. The highest BCUT2D eigenvalue weighted by atomic mass is 32.2. The first-order valence-corrected chi connectivity index (χ1v) is 9.81. The van der Waals surface area contributed by atoms with Gasteiger partial charge in [-0.3, -0.25) is 14.4 Å². The molecule has 1 heterocycles. The van der Waals surface area contributed by atoms with Gasteiger partial charge in [-0.15, -0.1) is 11.8 Å². The predicted molar refractivity (Wildman–Crippen MR) is 91.2 cm³/mol. The Kier molecular flexibility index (Phi) is 6.03. The zero-order valence-electron chi connectivity index (χ0n) is 13.4. The van der Waals surface area contributed by atoms with Crippen molar-refractivity contribution in [3.63, 3.8) is 0 Å². The molecule has 3 N–H and O–H groups in total. The van der Waals surface area contributed by atoms with Crippen LogP contribution in [0.25, 0.3) is 0 Å². The smallest absolute Gasteiger partial charge is 0.326 e. The number of hydrogen-bond acceptors (Lipinski definition) is 7. The molecule has 2 rings (SSSR count). The van der Waals surface area contributed by atoms with Gasteiger partial charge < -0.3 is 15.0 Å². The van der Waals surface area contributed by atoms with E-state index in [9.17, 15) is 22.8 Å². The van der Waals surface area contributed by atoms with Gasteiger partial charge in [-0.2, -0.15) is 0 Å². The lowest BCUT2D eigenvalue weighted by Crippen LogP contribution is -2.33. The summed E-state index contributed by atoms with van der Waals surface area (Å²) in [6, 6.07) is 4.23. The maximum absolute atomic E-state index is 11.8. The number of benzene rings is 1. The Labute approximate surface area is 148 Å². The van der Waals surface area contributed by atoms with E-state index in [4.69, 9.17) is 9.88 Å².